The Hall–Kier alpha value is -1.86. The number of nitrogens with one attached hydrogen (secondary N) is 1. The minimum Gasteiger partial charge on any atom is -0.302 e. The van der Waals surface area contributed by atoms with Crippen LogP contribution in [0.1, 0.15) is 36.4 Å². The summed E-state index contributed by atoms with van der Waals surface area (Å²) in [5.74, 6) is 0.0336. The average Bonchev–Trinajstić information content (AvgIpc) is 3.13. The van der Waals surface area contributed by atoms with Gasteiger partial charge in [-0.05, 0) is 62.9 Å². The summed E-state index contributed by atoms with van der Waals surface area (Å²) in [6.07, 6.45) is 9.40. The molecule has 0 unspecified atom stereocenters. The first-order valence-corrected chi connectivity index (χ1v) is 9.47. The van der Waals surface area contributed by atoms with Crippen LogP contribution in [0.2, 0.25) is 0 Å². The minimum atomic E-state index is -0.467. The van der Waals surface area contributed by atoms with E-state index in [9.17, 15) is 4.79 Å². The lowest BCUT2D eigenvalue weighted by molar-refractivity contribution is -0.125. The third-order valence-corrected chi connectivity index (χ3v) is 5.95. The molecule has 0 atom stereocenters. The van der Waals surface area contributed by atoms with E-state index in [0.717, 1.165) is 49.9 Å². The Morgan fingerprint density at radius 1 is 1.29 bits per heavy atom. The maximum atomic E-state index is 12.2. The van der Waals surface area contributed by atoms with Crippen molar-refractivity contribution < 1.29 is 4.79 Å². The van der Waals surface area contributed by atoms with Crippen LogP contribution in [0.25, 0.3) is 0 Å². The van der Waals surface area contributed by atoms with Gasteiger partial charge in [0.2, 0.25) is 0 Å². The number of carbonyl (C=O) groups is 1. The van der Waals surface area contributed by atoms with Crippen molar-refractivity contribution >= 4 is 40.3 Å². The molecule has 2 aromatic rings. The number of amides is 1. The molecule has 2 aliphatic rings. The molecule has 3 heterocycles. The predicted molar refractivity (Wildman–Crippen MR) is 98.2 cm³/mol. The van der Waals surface area contributed by atoms with Gasteiger partial charge in [0, 0.05) is 17.3 Å². The van der Waals surface area contributed by atoms with Crippen molar-refractivity contribution in [2.75, 3.05) is 4.90 Å². The van der Waals surface area contributed by atoms with Gasteiger partial charge in [-0.15, -0.1) is 11.3 Å². The van der Waals surface area contributed by atoms with Crippen molar-refractivity contribution in [2.24, 2.45) is 0 Å². The van der Waals surface area contributed by atoms with Gasteiger partial charge in [-0.25, -0.2) is 4.98 Å². The van der Waals surface area contributed by atoms with Crippen molar-refractivity contribution in [1.82, 2.24) is 15.3 Å². The van der Waals surface area contributed by atoms with Gasteiger partial charge in [-0.1, -0.05) is 0 Å². The van der Waals surface area contributed by atoms with Gasteiger partial charge >= 0.3 is 0 Å². The van der Waals surface area contributed by atoms with E-state index in [1.54, 1.807) is 11.3 Å². The average molecular weight is 358 g/mol. The van der Waals surface area contributed by atoms with E-state index in [1.165, 1.54) is 5.01 Å². The van der Waals surface area contributed by atoms with E-state index >= 15 is 0 Å². The molecule has 0 bridgehead atoms. The maximum Gasteiger partial charge on any atom is 0.252 e. The second-order valence-electron chi connectivity index (χ2n) is 6.27. The highest BCUT2D eigenvalue weighted by Crippen LogP contribution is 2.43. The van der Waals surface area contributed by atoms with Gasteiger partial charge < -0.3 is 10.2 Å². The zero-order chi connectivity index (χ0) is 16.6. The van der Waals surface area contributed by atoms with Gasteiger partial charge in [0.25, 0.3) is 5.91 Å². The Labute approximate surface area is 150 Å². The van der Waals surface area contributed by atoms with Gasteiger partial charge in [0.05, 0.1) is 16.9 Å². The molecule has 7 heteroatoms. The number of carbonyl (C=O) groups excluding carboxylic acids is 1. The van der Waals surface area contributed by atoms with Crippen LogP contribution in [0.5, 0.6) is 0 Å². The third kappa shape index (κ3) is 2.61. The molecule has 0 aromatic carbocycles. The molecule has 1 N–H and O–H groups in total. The zero-order valence-corrected chi connectivity index (χ0v) is 14.8. The normalized spacial score (nSPS) is 18.8. The number of thiocarbonyl (C=S) groups is 1. The quantitative estimate of drug-likeness (QED) is 0.833. The van der Waals surface area contributed by atoms with Crippen molar-refractivity contribution in [3.05, 3.63) is 40.6 Å². The molecule has 1 amide bonds. The van der Waals surface area contributed by atoms with Crippen LogP contribution in [-0.4, -0.2) is 26.5 Å². The molecule has 24 heavy (non-hydrogen) atoms. The van der Waals surface area contributed by atoms with Crippen LogP contribution >= 0.6 is 23.6 Å². The summed E-state index contributed by atoms with van der Waals surface area (Å²) in [5.41, 5.74) is 1.49. The first-order chi connectivity index (χ1) is 11.7. The first-order valence-electron chi connectivity index (χ1n) is 8.18. The molecule has 5 nitrogen and oxygen atoms in total. The van der Waals surface area contributed by atoms with Crippen LogP contribution in [0.15, 0.2) is 29.9 Å². The molecule has 4 rings (SSSR count). The second kappa shape index (κ2) is 6.22. The Morgan fingerprint density at radius 3 is 2.79 bits per heavy atom. The minimum absolute atomic E-state index is 0.0336. The molecule has 1 spiro atoms. The lowest BCUT2D eigenvalue weighted by Crippen LogP contribution is -2.55. The highest BCUT2D eigenvalue weighted by Gasteiger charge is 2.55. The van der Waals surface area contributed by atoms with E-state index in [1.807, 2.05) is 34.8 Å². The Morgan fingerprint density at radius 2 is 2.17 bits per heavy atom. The summed E-state index contributed by atoms with van der Waals surface area (Å²) in [5, 5.41) is 6.48. The predicted octanol–water partition coefficient (Wildman–Crippen LogP) is 2.86. The molecular weight excluding hydrogens is 340 g/mol. The van der Waals surface area contributed by atoms with Gasteiger partial charge in [0.15, 0.2) is 5.11 Å². The van der Waals surface area contributed by atoms with E-state index < -0.39 is 5.54 Å². The van der Waals surface area contributed by atoms with E-state index in [4.69, 9.17) is 12.2 Å². The fraction of sp³-hybridized carbons (Fsp3) is 0.412. The Balaban J connectivity index is 1.44. The molecule has 124 valence electrons. The SMILES string of the molecule is O=C1NC(=S)N(c2ccc(CCCc3nccs3)nc2)C12CCC2. The highest BCUT2D eigenvalue weighted by molar-refractivity contribution is 7.80. The zero-order valence-electron chi connectivity index (χ0n) is 13.2. The smallest absolute Gasteiger partial charge is 0.252 e. The number of anilines is 1. The Kier molecular flexibility index (Phi) is 4.05. The summed E-state index contributed by atoms with van der Waals surface area (Å²) in [4.78, 5) is 23.1. The summed E-state index contributed by atoms with van der Waals surface area (Å²) < 4.78 is 0. The summed E-state index contributed by atoms with van der Waals surface area (Å²) in [7, 11) is 0. The molecule has 1 aliphatic heterocycles. The molecule has 1 saturated heterocycles. The number of thiazole rings is 1. The van der Waals surface area contributed by atoms with Crippen LogP contribution in [-0.2, 0) is 17.6 Å². The molecule has 2 fully saturated rings. The van der Waals surface area contributed by atoms with Crippen molar-refractivity contribution in [1.29, 1.82) is 0 Å². The fourth-order valence-electron chi connectivity index (χ4n) is 3.39. The monoisotopic (exact) mass is 358 g/mol. The van der Waals surface area contributed by atoms with Crippen molar-refractivity contribution in [3.8, 4) is 0 Å². The van der Waals surface area contributed by atoms with Crippen molar-refractivity contribution in [3.63, 3.8) is 0 Å². The first kappa shape index (κ1) is 15.7. The number of rotatable bonds is 5. The summed E-state index contributed by atoms with van der Waals surface area (Å²) in [6.45, 7) is 0. The number of hydrogen-bond donors (Lipinski definition) is 1. The van der Waals surface area contributed by atoms with Crippen LogP contribution in [0, 0.1) is 0 Å². The Bertz CT molecular complexity index is 753. The standard InChI is InChI=1S/C17H18N4OS2/c22-15-17(7-2-8-17)21(16(23)20-15)13-6-5-12(19-11-13)3-1-4-14-18-9-10-24-14/h5-6,9-11H,1-4,7-8H2,(H,20,22,23). The fourth-order valence-corrected chi connectivity index (χ4v) is 4.42. The van der Waals surface area contributed by atoms with Crippen LogP contribution < -0.4 is 10.2 Å². The number of hydrogen-bond acceptors (Lipinski definition) is 5. The second-order valence-corrected chi connectivity index (χ2v) is 7.63. The lowest BCUT2D eigenvalue weighted by atomic mass is 9.75. The maximum absolute atomic E-state index is 12.2. The molecule has 2 aromatic heterocycles. The number of nitrogens with zero attached hydrogens (tertiary/aromatic N) is 3. The topological polar surface area (TPSA) is 58.1 Å². The van der Waals surface area contributed by atoms with Gasteiger partial charge in [0.1, 0.15) is 5.54 Å². The number of aryl methyl sites for hydroxylation is 2. The summed E-state index contributed by atoms with van der Waals surface area (Å²) in [6, 6.07) is 4.06. The van der Waals surface area contributed by atoms with Gasteiger partial charge in [-0.2, -0.15) is 0 Å². The van der Waals surface area contributed by atoms with Crippen LogP contribution in [0.4, 0.5) is 5.69 Å². The van der Waals surface area contributed by atoms with Crippen molar-refractivity contribution in [2.45, 2.75) is 44.1 Å². The summed E-state index contributed by atoms with van der Waals surface area (Å²) >= 11 is 7.05. The van der Waals surface area contributed by atoms with Gasteiger partial charge in [-0.3, -0.25) is 9.78 Å². The molecule has 1 saturated carbocycles. The molecular formula is C17H18N4OS2. The third-order valence-electron chi connectivity index (χ3n) is 4.83. The molecule has 1 aliphatic carbocycles. The van der Waals surface area contributed by atoms with E-state index in [-0.39, 0.29) is 5.91 Å². The van der Waals surface area contributed by atoms with Crippen LogP contribution in [0.3, 0.4) is 0 Å². The number of aromatic nitrogens is 2. The van der Waals surface area contributed by atoms with E-state index in [2.05, 4.69) is 15.3 Å². The lowest BCUT2D eigenvalue weighted by Gasteiger charge is -2.42. The van der Waals surface area contributed by atoms with E-state index in [0.29, 0.717) is 5.11 Å². The largest absolute Gasteiger partial charge is 0.302 e. The number of pyridine rings is 1. The highest BCUT2D eigenvalue weighted by atomic mass is 32.1. The molecule has 0 radical (unpaired) electrons.